The van der Waals surface area contributed by atoms with Crippen LogP contribution in [0.5, 0.6) is 0 Å². The van der Waals surface area contributed by atoms with E-state index in [9.17, 15) is 23.3 Å². The van der Waals surface area contributed by atoms with Crippen molar-refractivity contribution in [3.63, 3.8) is 0 Å². The molecule has 0 unspecified atom stereocenters. The fraction of sp³-hybridized carbons (Fsp3) is 0. The first-order valence-corrected chi connectivity index (χ1v) is 6.24. The maximum atomic E-state index is 11.1. The van der Waals surface area contributed by atoms with E-state index in [2.05, 4.69) is 0 Å². The van der Waals surface area contributed by atoms with E-state index in [-0.39, 0.29) is 11.8 Å². The summed E-state index contributed by atoms with van der Waals surface area (Å²) in [5, 5.41) is 19.3. The van der Waals surface area contributed by atoms with Crippen LogP contribution in [0.4, 0.5) is 5.69 Å². The average molecular weight is 275 g/mol. The molecule has 0 atom stereocenters. The Morgan fingerprint density at radius 1 is 1.47 bits per heavy atom. The molecule has 0 amide bonds. The highest BCUT2D eigenvalue weighted by Gasteiger charge is 2.26. The van der Waals surface area contributed by atoms with Gasteiger partial charge in [-0.15, -0.1) is 0 Å². The molecule has 0 N–H and O–H groups in total. The molecule has 0 saturated heterocycles. The summed E-state index contributed by atoms with van der Waals surface area (Å²) in [6.45, 7) is 0. The van der Waals surface area contributed by atoms with Gasteiger partial charge in [-0.05, 0) is 6.07 Å². The molecule has 88 valence electrons. The molecule has 0 radical (unpaired) electrons. The molecule has 0 bridgehead atoms. The van der Waals surface area contributed by atoms with Crippen LogP contribution in [0.1, 0.15) is 15.9 Å². The first-order valence-electron chi connectivity index (χ1n) is 3.93. The van der Waals surface area contributed by atoms with Crippen molar-refractivity contribution >= 4 is 31.7 Å². The van der Waals surface area contributed by atoms with Crippen LogP contribution in [-0.2, 0) is 9.05 Å². The standard InChI is InChI=1S/C8H3ClN2O5S/c9-17(15,16)8-2-5(4-12)1-7(11(13)14)6(8)3-10/h1-2,4H. The number of rotatable bonds is 3. The van der Waals surface area contributed by atoms with Crippen LogP contribution < -0.4 is 0 Å². The van der Waals surface area contributed by atoms with Crippen molar-refractivity contribution in [2.45, 2.75) is 4.90 Å². The molecule has 0 heterocycles. The van der Waals surface area contributed by atoms with Crippen LogP contribution in [0.15, 0.2) is 17.0 Å². The SMILES string of the molecule is N#Cc1c([N+](=O)[O-])cc(C=O)cc1S(=O)(=O)Cl. The zero-order chi connectivity index (χ0) is 13.2. The van der Waals surface area contributed by atoms with Crippen molar-refractivity contribution in [2.24, 2.45) is 0 Å². The van der Waals surface area contributed by atoms with Gasteiger partial charge in [0.1, 0.15) is 22.8 Å². The van der Waals surface area contributed by atoms with Gasteiger partial charge in [-0.25, -0.2) is 8.42 Å². The van der Waals surface area contributed by atoms with Crippen LogP contribution in [0.25, 0.3) is 0 Å². The maximum absolute atomic E-state index is 11.1. The van der Waals surface area contributed by atoms with E-state index in [1.807, 2.05) is 0 Å². The molecule has 0 saturated carbocycles. The van der Waals surface area contributed by atoms with Crippen molar-refractivity contribution in [3.05, 3.63) is 33.4 Å². The second kappa shape index (κ2) is 4.48. The summed E-state index contributed by atoms with van der Waals surface area (Å²) in [6, 6.07) is 2.99. The van der Waals surface area contributed by atoms with Gasteiger partial charge in [0.2, 0.25) is 0 Å². The Hall–Kier alpha value is -1.98. The lowest BCUT2D eigenvalue weighted by atomic mass is 10.1. The van der Waals surface area contributed by atoms with Crippen LogP contribution in [0.3, 0.4) is 0 Å². The third-order valence-corrected chi connectivity index (χ3v) is 3.16. The summed E-state index contributed by atoms with van der Waals surface area (Å²) in [6.07, 6.45) is 0.222. The number of hydrogen-bond donors (Lipinski definition) is 0. The molecule has 7 nitrogen and oxygen atoms in total. The minimum atomic E-state index is -4.35. The average Bonchev–Trinajstić information content (AvgIpc) is 2.25. The summed E-state index contributed by atoms with van der Waals surface area (Å²) in [5.74, 6) is 0. The molecule has 1 rings (SSSR count). The number of carbonyl (C=O) groups is 1. The summed E-state index contributed by atoms with van der Waals surface area (Å²) in [7, 11) is 0.683. The first kappa shape index (κ1) is 13.1. The van der Waals surface area contributed by atoms with Gasteiger partial charge in [-0.3, -0.25) is 14.9 Å². The number of nitro groups is 1. The zero-order valence-corrected chi connectivity index (χ0v) is 9.53. The quantitative estimate of drug-likeness (QED) is 0.354. The van der Waals surface area contributed by atoms with Crippen LogP contribution in [0.2, 0.25) is 0 Å². The van der Waals surface area contributed by atoms with Crippen LogP contribution in [0, 0.1) is 21.4 Å². The maximum Gasteiger partial charge on any atom is 0.289 e. The van der Waals surface area contributed by atoms with Gasteiger partial charge in [0.05, 0.1) is 4.92 Å². The second-order valence-corrected chi connectivity index (χ2v) is 5.37. The highest BCUT2D eigenvalue weighted by molar-refractivity contribution is 8.13. The lowest BCUT2D eigenvalue weighted by molar-refractivity contribution is -0.385. The van der Waals surface area contributed by atoms with Gasteiger partial charge in [-0.2, -0.15) is 5.26 Å². The van der Waals surface area contributed by atoms with E-state index in [1.165, 1.54) is 6.07 Å². The molecule has 1 aromatic rings. The fourth-order valence-electron chi connectivity index (χ4n) is 1.14. The number of hydrogen-bond acceptors (Lipinski definition) is 6. The molecule has 0 aromatic heterocycles. The van der Waals surface area contributed by atoms with Crippen LogP contribution >= 0.6 is 10.7 Å². The molecular formula is C8H3ClN2O5S. The van der Waals surface area contributed by atoms with Crippen molar-refractivity contribution in [2.75, 3.05) is 0 Å². The second-order valence-electron chi connectivity index (χ2n) is 2.84. The monoisotopic (exact) mass is 274 g/mol. The van der Waals surface area contributed by atoms with E-state index >= 15 is 0 Å². The Bertz CT molecular complexity index is 647. The number of benzene rings is 1. The number of nitrogens with zero attached hydrogens (tertiary/aromatic N) is 2. The molecule has 0 spiro atoms. The van der Waals surface area contributed by atoms with Crippen molar-refractivity contribution < 1.29 is 18.1 Å². The van der Waals surface area contributed by atoms with E-state index < -0.39 is 30.1 Å². The number of nitriles is 1. The highest BCUT2D eigenvalue weighted by atomic mass is 35.7. The Balaban J connectivity index is 3.83. The molecule has 9 heteroatoms. The molecule has 0 aliphatic rings. The molecule has 0 aliphatic carbocycles. The highest BCUT2D eigenvalue weighted by Crippen LogP contribution is 2.28. The van der Waals surface area contributed by atoms with E-state index in [4.69, 9.17) is 15.9 Å². The molecule has 0 aliphatic heterocycles. The largest absolute Gasteiger partial charge is 0.298 e. The number of halogens is 1. The number of carbonyl (C=O) groups excluding carboxylic acids is 1. The van der Waals surface area contributed by atoms with Crippen molar-refractivity contribution in [1.29, 1.82) is 5.26 Å². The Labute approximate surface area is 99.8 Å². The summed E-state index contributed by atoms with van der Waals surface area (Å²) in [4.78, 5) is 19.4. The number of aldehydes is 1. The topological polar surface area (TPSA) is 118 Å². The van der Waals surface area contributed by atoms with Crippen LogP contribution in [-0.4, -0.2) is 19.6 Å². The molecule has 17 heavy (non-hydrogen) atoms. The van der Waals surface area contributed by atoms with Gasteiger partial charge < -0.3 is 0 Å². The van der Waals surface area contributed by atoms with Gasteiger partial charge in [0.25, 0.3) is 14.7 Å². The van der Waals surface area contributed by atoms with Crippen molar-refractivity contribution in [1.82, 2.24) is 0 Å². The van der Waals surface area contributed by atoms with E-state index in [0.29, 0.717) is 0 Å². The van der Waals surface area contributed by atoms with Gasteiger partial charge in [0, 0.05) is 22.3 Å². The Morgan fingerprint density at radius 2 is 2.06 bits per heavy atom. The fourth-order valence-corrected chi connectivity index (χ4v) is 2.17. The normalized spacial score (nSPS) is 10.6. The van der Waals surface area contributed by atoms with Gasteiger partial charge in [0.15, 0.2) is 0 Å². The summed E-state index contributed by atoms with van der Waals surface area (Å²) in [5.41, 5.74) is -1.73. The number of nitro benzene ring substituents is 1. The third kappa shape index (κ3) is 2.58. The summed E-state index contributed by atoms with van der Waals surface area (Å²) < 4.78 is 22.3. The minimum absolute atomic E-state index is 0.222. The Morgan fingerprint density at radius 3 is 2.41 bits per heavy atom. The van der Waals surface area contributed by atoms with Gasteiger partial charge in [-0.1, -0.05) is 0 Å². The minimum Gasteiger partial charge on any atom is -0.298 e. The molecule has 1 aromatic carbocycles. The van der Waals surface area contributed by atoms with Gasteiger partial charge >= 0.3 is 0 Å². The lowest BCUT2D eigenvalue weighted by Crippen LogP contribution is -2.02. The van der Waals surface area contributed by atoms with Crippen molar-refractivity contribution in [3.8, 4) is 6.07 Å². The van der Waals surface area contributed by atoms with E-state index in [0.717, 1.165) is 12.1 Å². The third-order valence-electron chi connectivity index (χ3n) is 1.81. The predicted molar refractivity (Wildman–Crippen MR) is 56.2 cm³/mol. The Kier molecular flexibility index (Phi) is 3.45. The first-order chi connectivity index (χ1) is 7.81. The zero-order valence-electron chi connectivity index (χ0n) is 7.95. The molecule has 0 fully saturated rings. The summed E-state index contributed by atoms with van der Waals surface area (Å²) >= 11 is 0. The predicted octanol–water partition coefficient (Wildman–Crippen LogP) is 1.21. The molecular weight excluding hydrogens is 272 g/mol. The lowest BCUT2D eigenvalue weighted by Gasteiger charge is -2.02. The smallest absolute Gasteiger partial charge is 0.289 e. The van der Waals surface area contributed by atoms with E-state index in [1.54, 1.807) is 0 Å².